The number of nitrogens with zero attached hydrogens (tertiary/aromatic N) is 1. The molecule has 0 bridgehead atoms. The van der Waals surface area contributed by atoms with Crippen molar-refractivity contribution >= 4 is 15.9 Å². The Kier molecular flexibility index (Phi) is 5.85. The molecule has 0 aliphatic rings. The molecule has 1 atom stereocenters. The lowest BCUT2D eigenvalue weighted by atomic mass is 10.0. The van der Waals surface area contributed by atoms with Gasteiger partial charge in [0.15, 0.2) is 0 Å². The predicted molar refractivity (Wildman–Crippen MR) is 87.3 cm³/mol. The van der Waals surface area contributed by atoms with E-state index in [9.17, 15) is 0 Å². The monoisotopic (exact) mass is 352 g/mol. The van der Waals surface area contributed by atoms with Gasteiger partial charge in [0.05, 0.1) is 26.0 Å². The molecule has 0 aliphatic carbocycles. The second-order valence-electron chi connectivity index (χ2n) is 4.78. The highest BCUT2D eigenvalue weighted by Gasteiger charge is 2.22. The van der Waals surface area contributed by atoms with Crippen molar-refractivity contribution in [2.75, 3.05) is 20.2 Å². The molecule has 1 heterocycles. The molecule has 0 fully saturated rings. The summed E-state index contributed by atoms with van der Waals surface area (Å²) in [5.41, 5.74) is 7.13. The van der Waals surface area contributed by atoms with Crippen molar-refractivity contribution in [2.24, 2.45) is 5.73 Å². The third-order valence-corrected chi connectivity index (χ3v) is 4.05. The molecule has 0 saturated carbocycles. The van der Waals surface area contributed by atoms with Crippen molar-refractivity contribution in [3.63, 3.8) is 0 Å². The van der Waals surface area contributed by atoms with Crippen LogP contribution in [0.4, 0.5) is 0 Å². The lowest BCUT2D eigenvalue weighted by molar-refractivity contribution is 0.184. The van der Waals surface area contributed by atoms with Crippen LogP contribution in [0, 0.1) is 0 Å². The number of ether oxygens (including phenoxy) is 1. The summed E-state index contributed by atoms with van der Waals surface area (Å²) < 4.78 is 12.0. The normalized spacial score (nSPS) is 12.6. The number of hydrogen-bond acceptors (Lipinski definition) is 4. The van der Waals surface area contributed by atoms with Gasteiger partial charge >= 0.3 is 0 Å². The van der Waals surface area contributed by atoms with Crippen LogP contribution in [-0.4, -0.2) is 25.1 Å². The van der Waals surface area contributed by atoms with Crippen molar-refractivity contribution in [3.05, 3.63) is 52.4 Å². The minimum absolute atomic E-state index is 0.0764. The van der Waals surface area contributed by atoms with Crippen LogP contribution in [0.1, 0.15) is 24.3 Å². The van der Waals surface area contributed by atoms with Crippen LogP contribution in [0.5, 0.6) is 5.75 Å². The minimum Gasteiger partial charge on any atom is -0.496 e. The summed E-state index contributed by atoms with van der Waals surface area (Å²) in [4.78, 5) is 2.28. The smallest absolute Gasteiger partial charge is 0.123 e. The molecule has 0 radical (unpaired) electrons. The SMILES string of the molecule is CCN(Cc1ccco1)C(CN)c1cc(Br)ccc1OC. The highest BCUT2D eigenvalue weighted by molar-refractivity contribution is 9.10. The first-order valence-corrected chi connectivity index (χ1v) is 7.78. The van der Waals surface area contributed by atoms with Gasteiger partial charge in [-0.05, 0) is 36.9 Å². The summed E-state index contributed by atoms with van der Waals surface area (Å²) >= 11 is 3.52. The van der Waals surface area contributed by atoms with E-state index in [1.807, 2.05) is 24.3 Å². The van der Waals surface area contributed by atoms with Crippen molar-refractivity contribution in [1.29, 1.82) is 0 Å². The molecule has 2 aromatic rings. The Morgan fingerprint density at radius 3 is 2.76 bits per heavy atom. The molecule has 1 aromatic heterocycles. The van der Waals surface area contributed by atoms with E-state index < -0.39 is 0 Å². The highest BCUT2D eigenvalue weighted by atomic mass is 79.9. The fourth-order valence-electron chi connectivity index (χ4n) is 2.48. The topological polar surface area (TPSA) is 51.6 Å². The number of nitrogens with two attached hydrogens (primary N) is 1. The standard InChI is InChI=1S/C16H21BrN2O2/c1-3-19(11-13-5-4-8-21-13)15(10-18)14-9-12(17)6-7-16(14)20-2/h4-9,15H,3,10-11,18H2,1-2H3. The Balaban J connectivity index is 2.30. The number of likely N-dealkylation sites (N-methyl/N-ethyl adjacent to an activating group) is 1. The average molecular weight is 353 g/mol. The number of halogens is 1. The van der Waals surface area contributed by atoms with Gasteiger partial charge in [-0.25, -0.2) is 0 Å². The molecule has 2 rings (SSSR count). The van der Waals surface area contributed by atoms with Crippen LogP contribution in [0.3, 0.4) is 0 Å². The molecule has 1 unspecified atom stereocenters. The Hall–Kier alpha value is -1.30. The molecule has 21 heavy (non-hydrogen) atoms. The number of rotatable bonds is 7. The van der Waals surface area contributed by atoms with Gasteiger partial charge in [-0.3, -0.25) is 4.90 Å². The van der Waals surface area contributed by atoms with Gasteiger partial charge in [-0.1, -0.05) is 22.9 Å². The molecule has 5 heteroatoms. The van der Waals surface area contributed by atoms with Gasteiger partial charge in [-0.2, -0.15) is 0 Å². The maximum Gasteiger partial charge on any atom is 0.123 e. The Labute approximate surface area is 134 Å². The van der Waals surface area contributed by atoms with Crippen LogP contribution in [0.15, 0.2) is 45.5 Å². The largest absolute Gasteiger partial charge is 0.496 e. The highest BCUT2D eigenvalue weighted by Crippen LogP contribution is 2.32. The zero-order chi connectivity index (χ0) is 15.2. The van der Waals surface area contributed by atoms with E-state index in [2.05, 4.69) is 33.8 Å². The third-order valence-electron chi connectivity index (χ3n) is 3.56. The second kappa shape index (κ2) is 7.64. The van der Waals surface area contributed by atoms with Gasteiger partial charge < -0.3 is 14.9 Å². The first kappa shape index (κ1) is 16.1. The quantitative estimate of drug-likeness (QED) is 0.827. The summed E-state index contributed by atoms with van der Waals surface area (Å²) in [5, 5.41) is 0. The van der Waals surface area contributed by atoms with Gasteiger partial charge in [0.2, 0.25) is 0 Å². The Morgan fingerprint density at radius 2 is 2.19 bits per heavy atom. The molecular formula is C16H21BrN2O2. The van der Waals surface area contributed by atoms with Crippen molar-refractivity contribution < 1.29 is 9.15 Å². The summed E-state index contributed by atoms with van der Waals surface area (Å²) in [6.45, 7) is 4.23. The Bertz CT molecular complexity index is 557. The molecule has 0 amide bonds. The van der Waals surface area contributed by atoms with Gasteiger partial charge in [0.25, 0.3) is 0 Å². The maximum atomic E-state index is 6.04. The number of hydrogen-bond donors (Lipinski definition) is 1. The summed E-state index contributed by atoms with van der Waals surface area (Å²) in [6, 6.07) is 9.96. The van der Waals surface area contributed by atoms with Crippen LogP contribution in [-0.2, 0) is 6.54 Å². The zero-order valence-corrected chi connectivity index (χ0v) is 14.0. The van der Waals surface area contributed by atoms with E-state index in [0.29, 0.717) is 6.54 Å². The van der Waals surface area contributed by atoms with Crippen LogP contribution in [0.2, 0.25) is 0 Å². The summed E-state index contributed by atoms with van der Waals surface area (Å²) in [7, 11) is 1.68. The zero-order valence-electron chi connectivity index (χ0n) is 12.4. The predicted octanol–water partition coefficient (Wildman–Crippen LogP) is 3.57. The average Bonchev–Trinajstić information content (AvgIpc) is 3.00. The molecule has 2 N–H and O–H groups in total. The lowest BCUT2D eigenvalue weighted by Crippen LogP contribution is -2.33. The molecule has 0 aliphatic heterocycles. The summed E-state index contributed by atoms with van der Waals surface area (Å²) in [6.07, 6.45) is 1.69. The molecule has 114 valence electrons. The van der Waals surface area contributed by atoms with E-state index in [4.69, 9.17) is 14.9 Å². The molecule has 4 nitrogen and oxygen atoms in total. The number of benzene rings is 1. The lowest BCUT2D eigenvalue weighted by Gasteiger charge is -2.30. The fourth-order valence-corrected chi connectivity index (χ4v) is 2.86. The van der Waals surface area contributed by atoms with Crippen molar-refractivity contribution in [1.82, 2.24) is 4.90 Å². The Morgan fingerprint density at radius 1 is 1.38 bits per heavy atom. The van der Waals surface area contributed by atoms with E-state index in [1.165, 1.54) is 0 Å². The van der Waals surface area contributed by atoms with Crippen LogP contribution < -0.4 is 10.5 Å². The molecule has 0 spiro atoms. The van der Waals surface area contributed by atoms with E-state index >= 15 is 0 Å². The van der Waals surface area contributed by atoms with Gasteiger partial charge in [0.1, 0.15) is 11.5 Å². The number of methoxy groups -OCH3 is 1. The van der Waals surface area contributed by atoms with Crippen LogP contribution >= 0.6 is 15.9 Å². The summed E-state index contributed by atoms with van der Waals surface area (Å²) in [5.74, 6) is 1.79. The van der Waals surface area contributed by atoms with Crippen LogP contribution in [0.25, 0.3) is 0 Å². The van der Waals surface area contributed by atoms with Crippen molar-refractivity contribution in [3.8, 4) is 5.75 Å². The minimum atomic E-state index is 0.0764. The first-order chi connectivity index (χ1) is 10.2. The van der Waals surface area contributed by atoms with Crippen molar-refractivity contribution in [2.45, 2.75) is 19.5 Å². The molecule has 1 aromatic carbocycles. The second-order valence-corrected chi connectivity index (χ2v) is 5.70. The molecular weight excluding hydrogens is 332 g/mol. The fraction of sp³-hybridized carbons (Fsp3) is 0.375. The third kappa shape index (κ3) is 3.87. The maximum absolute atomic E-state index is 6.04. The number of furan rings is 1. The first-order valence-electron chi connectivity index (χ1n) is 6.99. The van der Waals surface area contributed by atoms with Gasteiger partial charge in [0, 0.05) is 16.6 Å². The van der Waals surface area contributed by atoms with E-state index in [1.54, 1.807) is 13.4 Å². The molecule has 0 saturated heterocycles. The van der Waals surface area contributed by atoms with E-state index in [-0.39, 0.29) is 6.04 Å². The van der Waals surface area contributed by atoms with Gasteiger partial charge in [-0.15, -0.1) is 0 Å². The van der Waals surface area contributed by atoms with E-state index in [0.717, 1.165) is 34.6 Å².